The zero-order valence-corrected chi connectivity index (χ0v) is 17.5. The van der Waals surface area contributed by atoms with Crippen LogP contribution in [0.25, 0.3) is 0 Å². The summed E-state index contributed by atoms with van der Waals surface area (Å²) in [6.45, 7) is 1.72. The topological polar surface area (TPSA) is 40.6 Å². The van der Waals surface area contributed by atoms with Crippen molar-refractivity contribution in [1.29, 1.82) is 0 Å². The van der Waals surface area contributed by atoms with Gasteiger partial charge in [-0.15, -0.1) is 0 Å². The van der Waals surface area contributed by atoms with Crippen LogP contribution in [0.4, 0.5) is 0 Å². The fourth-order valence-electron chi connectivity index (χ4n) is 5.47. The maximum absolute atomic E-state index is 13.0. The second kappa shape index (κ2) is 10.5. The summed E-state index contributed by atoms with van der Waals surface area (Å²) in [4.78, 5) is 30.2. The lowest BCUT2D eigenvalue weighted by Crippen LogP contribution is -2.42. The predicted molar refractivity (Wildman–Crippen MR) is 109 cm³/mol. The van der Waals surface area contributed by atoms with E-state index in [1.54, 1.807) is 0 Å². The molecule has 0 aromatic carbocycles. The third-order valence-corrected chi connectivity index (χ3v) is 7.31. The Kier molecular flexibility index (Phi) is 8.02. The highest BCUT2D eigenvalue weighted by Gasteiger charge is 2.31. The van der Waals surface area contributed by atoms with Crippen molar-refractivity contribution < 1.29 is 9.59 Å². The number of hydrogen-bond donors (Lipinski definition) is 0. The first-order chi connectivity index (χ1) is 13.2. The molecule has 2 saturated carbocycles. The standard InChI is InChI=1S/C23H40N2O2/c1-24(22(26)19-11-6-2-3-7-12-19)21-15-10-17-25(18-16-21)23(27)20-13-8-4-5-9-14-20/h19-21H,2-18H2,1H3/t21-/m1/s1. The molecule has 154 valence electrons. The van der Waals surface area contributed by atoms with Crippen molar-refractivity contribution in [3.05, 3.63) is 0 Å². The number of carbonyl (C=O) groups is 2. The summed E-state index contributed by atoms with van der Waals surface area (Å²) in [6, 6.07) is 0.313. The van der Waals surface area contributed by atoms with Gasteiger partial charge in [-0.05, 0) is 44.9 Å². The van der Waals surface area contributed by atoms with E-state index in [9.17, 15) is 9.59 Å². The summed E-state index contributed by atoms with van der Waals surface area (Å²) in [5, 5.41) is 0. The molecule has 4 nitrogen and oxygen atoms in total. The number of likely N-dealkylation sites (tertiary alicyclic amines) is 1. The first-order valence-corrected chi connectivity index (χ1v) is 11.7. The average Bonchev–Trinajstić information content (AvgIpc) is 3.20. The number of rotatable bonds is 3. The fraction of sp³-hybridized carbons (Fsp3) is 0.913. The van der Waals surface area contributed by atoms with Crippen LogP contribution in [0, 0.1) is 11.8 Å². The highest BCUT2D eigenvalue weighted by molar-refractivity contribution is 5.79. The molecule has 1 aliphatic heterocycles. The molecule has 2 amide bonds. The highest BCUT2D eigenvalue weighted by atomic mass is 16.2. The van der Waals surface area contributed by atoms with Crippen LogP contribution in [-0.2, 0) is 9.59 Å². The summed E-state index contributed by atoms with van der Waals surface area (Å²) in [7, 11) is 2.01. The number of carbonyl (C=O) groups excluding carboxylic acids is 2. The first-order valence-electron chi connectivity index (χ1n) is 11.7. The Morgan fingerprint density at radius 1 is 0.667 bits per heavy atom. The van der Waals surface area contributed by atoms with Crippen molar-refractivity contribution in [2.45, 2.75) is 102 Å². The molecule has 3 fully saturated rings. The van der Waals surface area contributed by atoms with Gasteiger partial charge in [0.25, 0.3) is 0 Å². The molecule has 1 saturated heterocycles. The first kappa shape index (κ1) is 20.7. The fourth-order valence-corrected chi connectivity index (χ4v) is 5.47. The minimum atomic E-state index is 0.240. The molecule has 27 heavy (non-hydrogen) atoms. The second-order valence-electron chi connectivity index (χ2n) is 9.24. The molecule has 0 aromatic heterocycles. The Morgan fingerprint density at radius 3 is 1.81 bits per heavy atom. The van der Waals surface area contributed by atoms with E-state index in [0.29, 0.717) is 17.9 Å². The van der Waals surface area contributed by atoms with E-state index < -0.39 is 0 Å². The van der Waals surface area contributed by atoms with Gasteiger partial charge in [0.15, 0.2) is 0 Å². The second-order valence-corrected chi connectivity index (χ2v) is 9.24. The SMILES string of the molecule is CN(C(=O)C1CCCCCC1)[C@@H]1CCCN(C(=O)C2CCCCCC2)CC1. The quantitative estimate of drug-likeness (QED) is 0.666. The lowest BCUT2D eigenvalue weighted by molar-refractivity contribution is -0.137. The van der Waals surface area contributed by atoms with E-state index in [4.69, 9.17) is 0 Å². The summed E-state index contributed by atoms with van der Waals surface area (Å²) >= 11 is 0. The van der Waals surface area contributed by atoms with Crippen molar-refractivity contribution in [2.24, 2.45) is 11.8 Å². The van der Waals surface area contributed by atoms with Crippen molar-refractivity contribution in [2.75, 3.05) is 20.1 Å². The largest absolute Gasteiger partial charge is 0.342 e. The molecular weight excluding hydrogens is 336 g/mol. The van der Waals surface area contributed by atoms with Gasteiger partial charge < -0.3 is 9.80 Å². The number of hydrogen-bond acceptors (Lipinski definition) is 2. The van der Waals surface area contributed by atoms with Crippen LogP contribution < -0.4 is 0 Å². The van der Waals surface area contributed by atoms with Crippen molar-refractivity contribution in [1.82, 2.24) is 9.80 Å². The average molecular weight is 377 g/mol. The maximum Gasteiger partial charge on any atom is 0.225 e. The summed E-state index contributed by atoms with van der Waals surface area (Å²) in [6.07, 6.45) is 17.3. The summed E-state index contributed by atoms with van der Waals surface area (Å²) < 4.78 is 0. The van der Waals surface area contributed by atoms with Gasteiger partial charge in [0.2, 0.25) is 11.8 Å². The molecule has 1 heterocycles. The maximum atomic E-state index is 13.0. The van der Waals surface area contributed by atoms with Crippen LogP contribution in [-0.4, -0.2) is 47.8 Å². The molecule has 2 aliphatic carbocycles. The molecule has 4 heteroatoms. The Hall–Kier alpha value is -1.06. The van der Waals surface area contributed by atoms with Crippen molar-refractivity contribution >= 4 is 11.8 Å². The minimum absolute atomic E-state index is 0.240. The Labute approximate surface area is 166 Å². The molecule has 3 aliphatic rings. The van der Waals surface area contributed by atoms with Crippen LogP contribution in [0.2, 0.25) is 0 Å². The van der Waals surface area contributed by atoms with E-state index in [1.165, 1.54) is 51.4 Å². The third kappa shape index (κ3) is 5.71. The lowest BCUT2D eigenvalue weighted by Gasteiger charge is -2.31. The van der Waals surface area contributed by atoms with E-state index in [1.807, 2.05) is 7.05 Å². The molecule has 3 rings (SSSR count). The summed E-state index contributed by atoms with van der Waals surface area (Å²) in [5.41, 5.74) is 0. The number of amides is 2. The van der Waals surface area contributed by atoms with Gasteiger partial charge in [-0.25, -0.2) is 0 Å². The Morgan fingerprint density at radius 2 is 1.22 bits per heavy atom. The van der Waals surface area contributed by atoms with E-state index in [0.717, 1.165) is 58.0 Å². The molecule has 0 bridgehead atoms. The Balaban J connectivity index is 1.52. The van der Waals surface area contributed by atoms with Gasteiger partial charge in [0.1, 0.15) is 0 Å². The smallest absolute Gasteiger partial charge is 0.225 e. The highest BCUT2D eigenvalue weighted by Crippen LogP contribution is 2.28. The van der Waals surface area contributed by atoms with Crippen LogP contribution in [0.15, 0.2) is 0 Å². The molecule has 0 radical (unpaired) electrons. The molecular formula is C23H40N2O2. The molecule has 0 spiro atoms. The molecule has 0 unspecified atom stereocenters. The van der Waals surface area contributed by atoms with Gasteiger partial charge in [0.05, 0.1) is 0 Å². The van der Waals surface area contributed by atoms with Gasteiger partial charge in [-0.1, -0.05) is 51.4 Å². The zero-order chi connectivity index (χ0) is 19.1. The van der Waals surface area contributed by atoms with Gasteiger partial charge >= 0.3 is 0 Å². The Bertz CT molecular complexity index is 477. The van der Waals surface area contributed by atoms with E-state index in [-0.39, 0.29) is 11.8 Å². The third-order valence-electron chi connectivity index (χ3n) is 7.31. The summed E-state index contributed by atoms with van der Waals surface area (Å²) in [5.74, 6) is 1.26. The zero-order valence-electron chi connectivity index (χ0n) is 17.5. The molecule has 0 aromatic rings. The monoisotopic (exact) mass is 376 g/mol. The lowest BCUT2D eigenvalue weighted by atomic mass is 9.97. The van der Waals surface area contributed by atoms with Crippen molar-refractivity contribution in [3.8, 4) is 0 Å². The van der Waals surface area contributed by atoms with E-state index in [2.05, 4.69) is 9.80 Å². The van der Waals surface area contributed by atoms with Crippen LogP contribution in [0.3, 0.4) is 0 Å². The van der Waals surface area contributed by atoms with Gasteiger partial charge in [-0.3, -0.25) is 9.59 Å². The molecule has 0 N–H and O–H groups in total. The van der Waals surface area contributed by atoms with Crippen LogP contribution >= 0.6 is 0 Å². The predicted octanol–water partition coefficient (Wildman–Crippen LogP) is 4.77. The minimum Gasteiger partial charge on any atom is -0.342 e. The van der Waals surface area contributed by atoms with E-state index >= 15 is 0 Å². The van der Waals surface area contributed by atoms with Gasteiger partial charge in [0, 0.05) is 38.0 Å². The van der Waals surface area contributed by atoms with Crippen molar-refractivity contribution in [3.63, 3.8) is 0 Å². The number of nitrogens with zero attached hydrogens (tertiary/aromatic N) is 2. The molecule has 1 atom stereocenters. The van der Waals surface area contributed by atoms with Gasteiger partial charge in [-0.2, -0.15) is 0 Å². The normalized spacial score (nSPS) is 26.7. The van der Waals surface area contributed by atoms with Crippen LogP contribution in [0.5, 0.6) is 0 Å². The van der Waals surface area contributed by atoms with Crippen LogP contribution in [0.1, 0.15) is 96.3 Å².